The highest BCUT2D eigenvalue weighted by Gasteiger charge is 2.13. The first-order chi connectivity index (χ1) is 8.48. The van der Waals surface area contributed by atoms with Gasteiger partial charge in [-0.3, -0.25) is 0 Å². The van der Waals surface area contributed by atoms with Crippen LogP contribution in [-0.4, -0.2) is 31.9 Å². The molecule has 0 aliphatic heterocycles. The third-order valence-electron chi connectivity index (χ3n) is 2.28. The highest BCUT2D eigenvalue weighted by atomic mass is 32.2. The van der Waals surface area contributed by atoms with E-state index in [9.17, 15) is 8.42 Å². The maximum Gasteiger partial charge on any atom is 0.257 e. The summed E-state index contributed by atoms with van der Waals surface area (Å²) in [5.41, 5.74) is 1.72. The van der Waals surface area contributed by atoms with Gasteiger partial charge in [-0.25, -0.2) is 8.42 Å². The van der Waals surface area contributed by atoms with E-state index in [1.807, 2.05) is 31.3 Å². The maximum absolute atomic E-state index is 11.1. The van der Waals surface area contributed by atoms with Crippen LogP contribution in [-0.2, 0) is 15.6 Å². The first-order valence-corrected chi connectivity index (χ1v) is 7.32. The summed E-state index contributed by atoms with van der Waals surface area (Å²) < 4.78 is 27.2. The molecule has 1 aromatic heterocycles. The van der Waals surface area contributed by atoms with Crippen molar-refractivity contribution in [1.29, 1.82) is 0 Å². The van der Waals surface area contributed by atoms with Gasteiger partial charge in [-0.15, -0.1) is 0 Å². The van der Waals surface area contributed by atoms with E-state index < -0.39 is 9.84 Å². The lowest BCUT2D eigenvalue weighted by atomic mass is 10.2. The summed E-state index contributed by atoms with van der Waals surface area (Å²) >= 11 is 0. The molecule has 1 N–H and O–H groups in total. The monoisotopic (exact) mass is 267 g/mol. The molecule has 2 aromatic rings. The van der Waals surface area contributed by atoms with Crippen molar-refractivity contribution in [2.45, 2.75) is 5.75 Å². The third-order valence-corrected chi connectivity index (χ3v) is 3.06. The van der Waals surface area contributed by atoms with Crippen molar-refractivity contribution in [2.24, 2.45) is 0 Å². The second-order valence-corrected chi connectivity index (χ2v) is 6.05. The van der Waals surface area contributed by atoms with Gasteiger partial charge in [-0.2, -0.15) is 4.98 Å². The summed E-state index contributed by atoms with van der Waals surface area (Å²) in [6.07, 6.45) is 1.13. The quantitative estimate of drug-likeness (QED) is 0.899. The van der Waals surface area contributed by atoms with Crippen molar-refractivity contribution in [3.8, 4) is 11.5 Å². The predicted octanol–water partition coefficient (Wildman–Crippen LogP) is 1.32. The molecule has 6 nitrogen and oxygen atoms in total. The lowest BCUT2D eigenvalue weighted by molar-refractivity contribution is 0.424. The Bertz CT molecular complexity index is 632. The fourth-order valence-electron chi connectivity index (χ4n) is 1.44. The van der Waals surface area contributed by atoms with E-state index >= 15 is 0 Å². The van der Waals surface area contributed by atoms with Crippen LogP contribution in [0.3, 0.4) is 0 Å². The van der Waals surface area contributed by atoms with Crippen molar-refractivity contribution in [3.05, 3.63) is 30.1 Å². The Morgan fingerprint density at radius 3 is 2.50 bits per heavy atom. The molecular weight excluding hydrogens is 254 g/mol. The minimum atomic E-state index is -3.15. The van der Waals surface area contributed by atoms with E-state index in [-0.39, 0.29) is 11.6 Å². The summed E-state index contributed by atoms with van der Waals surface area (Å²) in [4.78, 5) is 4.04. The number of anilines is 1. The molecule has 0 fully saturated rings. The molecular formula is C11H13N3O3S. The summed E-state index contributed by atoms with van der Waals surface area (Å²) in [6, 6.07) is 7.39. The minimum absolute atomic E-state index is 0.171. The Balaban J connectivity index is 2.23. The Hall–Kier alpha value is -1.89. The zero-order valence-electron chi connectivity index (χ0n) is 10.0. The van der Waals surface area contributed by atoms with Crippen molar-refractivity contribution in [3.63, 3.8) is 0 Å². The van der Waals surface area contributed by atoms with Gasteiger partial charge >= 0.3 is 0 Å². The lowest BCUT2D eigenvalue weighted by Gasteiger charge is -1.99. The van der Waals surface area contributed by atoms with Gasteiger partial charge in [0.05, 0.1) is 0 Å². The molecule has 18 heavy (non-hydrogen) atoms. The number of hydrogen-bond donors (Lipinski definition) is 1. The second kappa shape index (κ2) is 4.77. The summed E-state index contributed by atoms with van der Waals surface area (Å²) in [5.74, 6) is 0.270. The molecule has 0 unspecified atom stereocenters. The van der Waals surface area contributed by atoms with Crippen LogP contribution in [0.4, 0.5) is 5.69 Å². The topological polar surface area (TPSA) is 85.1 Å². The number of hydrogen-bond acceptors (Lipinski definition) is 6. The highest BCUT2D eigenvalue weighted by molar-refractivity contribution is 7.89. The van der Waals surface area contributed by atoms with Gasteiger partial charge in [-0.1, -0.05) is 5.16 Å². The average molecular weight is 267 g/mol. The number of aromatic nitrogens is 2. The standard InChI is InChI=1S/C11H13N3O3S/c1-12-9-5-3-8(4-6-9)11-13-10(14-17-11)7-18(2,15)16/h3-6,12H,7H2,1-2H3. The molecule has 1 heterocycles. The number of rotatable bonds is 4. The summed E-state index contributed by atoms with van der Waals surface area (Å²) in [6.45, 7) is 0. The highest BCUT2D eigenvalue weighted by Crippen LogP contribution is 2.19. The zero-order chi connectivity index (χ0) is 13.2. The van der Waals surface area contributed by atoms with Gasteiger partial charge in [0, 0.05) is 24.6 Å². The average Bonchev–Trinajstić information content (AvgIpc) is 2.75. The van der Waals surface area contributed by atoms with Gasteiger partial charge in [-0.05, 0) is 24.3 Å². The van der Waals surface area contributed by atoms with Crippen molar-refractivity contribution < 1.29 is 12.9 Å². The van der Waals surface area contributed by atoms with Crippen molar-refractivity contribution >= 4 is 15.5 Å². The first-order valence-electron chi connectivity index (χ1n) is 5.26. The summed E-state index contributed by atoms with van der Waals surface area (Å²) in [5, 5.41) is 6.64. The van der Waals surface area contributed by atoms with E-state index in [1.54, 1.807) is 0 Å². The Morgan fingerprint density at radius 1 is 1.28 bits per heavy atom. The van der Waals surface area contributed by atoms with Crippen LogP contribution in [0, 0.1) is 0 Å². The fraction of sp³-hybridized carbons (Fsp3) is 0.273. The number of nitrogens with one attached hydrogen (secondary N) is 1. The Labute approximate surface area is 105 Å². The van der Waals surface area contributed by atoms with E-state index in [0.717, 1.165) is 17.5 Å². The largest absolute Gasteiger partial charge is 0.388 e. The number of sulfone groups is 1. The first kappa shape index (κ1) is 12.6. The summed E-state index contributed by atoms with van der Waals surface area (Å²) in [7, 11) is -1.33. The van der Waals surface area contributed by atoms with Crippen LogP contribution in [0.15, 0.2) is 28.8 Å². The van der Waals surface area contributed by atoms with E-state index in [0.29, 0.717) is 5.89 Å². The molecule has 0 aliphatic carbocycles. The van der Waals surface area contributed by atoms with Gasteiger partial charge < -0.3 is 9.84 Å². The molecule has 96 valence electrons. The molecule has 0 aliphatic rings. The molecule has 1 aromatic carbocycles. The van der Waals surface area contributed by atoms with Crippen LogP contribution in [0.5, 0.6) is 0 Å². The smallest absolute Gasteiger partial charge is 0.257 e. The molecule has 2 rings (SSSR count). The normalized spacial score (nSPS) is 11.4. The third kappa shape index (κ3) is 3.07. The molecule has 0 bridgehead atoms. The molecule has 0 amide bonds. The minimum Gasteiger partial charge on any atom is -0.388 e. The Morgan fingerprint density at radius 2 is 1.94 bits per heavy atom. The maximum atomic E-state index is 11.1. The van der Waals surface area contributed by atoms with Gasteiger partial charge in [0.15, 0.2) is 15.7 Å². The number of nitrogens with zero attached hydrogens (tertiary/aromatic N) is 2. The second-order valence-electron chi connectivity index (χ2n) is 3.91. The van der Waals surface area contributed by atoms with E-state index in [1.165, 1.54) is 0 Å². The Kier molecular flexibility index (Phi) is 3.33. The molecule has 0 saturated heterocycles. The van der Waals surface area contributed by atoms with Gasteiger partial charge in [0.25, 0.3) is 5.89 Å². The van der Waals surface area contributed by atoms with E-state index in [2.05, 4.69) is 15.5 Å². The fourth-order valence-corrected chi connectivity index (χ4v) is 2.03. The zero-order valence-corrected chi connectivity index (χ0v) is 10.9. The van der Waals surface area contributed by atoms with Crippen LogP contribution in [0.2, 0.25) is 0 Å². The van der Waals surface area contributed by atoms with E-state index in [4.69, 9.17) is 4.52 Å². The van der Waals surface area contributed by atoms with Crippen molar-refractivity contribution in [1.82, 2.24) is 10.1 Å². The lowest BCUT2D eigenvalue weighted by Crippen LogP contribution is -2.02. The van der Waals surface area contributed by atoms with Crippen LogP contribution in [0.25, 0.3) is 11.5 Å². The molecule has 0 radical (unpaired) electrons. The van der Waals surface area contributed by atoms with Gasteiger partial charge in [0.1, 0.15) is 5.75 Å². The predicted molar refractivity (Wildman–Crippen MR) is 67.8 cm³/mol. The van der Waals surface area contributed by atoms with Crippen molar-refractivity contribution in [2.75, 3.05) is 18.6 Å². The van der Waals surface area contributed by atoms with Gasteiger partial charge in [0.2, 0.25) is 0 Å². The molecule has 0 spiro atoms. The number of benzene rings is 1. The van der Waals surface area contributed by atoms with Crippen LogP contribution < -0.4 is 5.32 Å². The molecule has 0 atom stereocenters. The van der Waals surface area contributed by atoms with Crippen LogP contribution >= 0.6 is 0 Å². The SMILES string of the molecule is CNc1ccc(-c2nc(CS(C)(=O)=O)no2)cc1. The molecule has 7 heteroatoms. The molecule has 0 saturated carbocycles. The van der Waals surface area contributed by atoms with Crippen LogP contribution in [0.1, 0.15) is 5.82 Å².